The molecule has 1 amide bonds. The minimum atomic E-state index is -0.537. The third-order valence-corrected chi connectivity index (χ3v) is 8.65. The number of nitrogens with zero attached hydrogens (tertiary/aromatic N) is 2. The van der Waals surface area contributed by atoms with E-state index < -0.39 is 5.41 Å². The number of esters is 1. The zero-order valence-electron chi connectivity index (χ0n) is 21.3. The second-order valence-electron chi connectivity index (χ2n) is 11.0. The fourth-order valence-electron chi connectivity index (χ4n) is 6.57. The zero-order chi connectivity index (χ0) is 24.3. The summed E-state index contributed by atoms with van der Waals surface area (Å²) in [7, 11) is 0. The van der Waals surface area contributed by atoms with Gasteiger partial charge in [0.2, 0.25) is 0 Å². The molecule has 4 aliphatic rings. The van der Waals surface area contributed by atoms with Crippen LogP contribution >= 0.6 is 0 Å². The number of halogens is 1. The number of aryl methyl sites for hydroxylation is 1. The maximum Gasteiger partial charge on any atom is 0.317 e. The SMILES string of the molecule is Cc1ccc(NC(=O)C[N+]23CCC(CC2)C(OC(=O)C2(c4ccccc4)CCCCCC2)C3)cn1.[Cl-]. The number of nitrogens with one attached hydrogen (secondary N) is 1. The first kappa shape index (κ1) is 26.6. The molecule has 7 heteroatoms. The Labute approximate surface area is 220 Å². The summed E-state index contributed by atoms with van der Waals surface area (Å²) < 4.78 is 7.13. The van der Waals surface area contributed by atoms with Gasteiger partial charge < -0.3 is 26.9 Å². The van der Waals surface area contributed by atoms with Crippen molar-refractivity contribution in [3.8, 4) is 0 Å². The highest BCUT2D eigenvalue weighted by atomic mass is 35.5. The average molecular weight is 512 g/mol. The first-order valence-electron chi connectivity index (χ1n) is 13.3. The predicted molar refractivity (Wildman–Crippen MR) is 136 cm³/mol. The number of anilines is 1. The van der Waals surface area contributed by atoms with Crippen LogP contribution in [0.15, 0.2) is 48.7 Å². The van der Waals surface area contributed by atoms with Gasteiger partial charge in [-0.2, -0.15) is 0 Å². The highest BCUT2D eigenvalue weighted by Gasteiger charge is 2.51. The summed E-state index contributed by atoms with van der Waals surface area (Å²) in [5.74, 6) is 0.366. The number of carbonyl (C=O) groups is 2. The van der Waals surface area contributed by atoms with E-state index in [9.17, 15) is 9.59 Å². The smallest absolute Gasteiger partial charge is 0.317 e. The Bertz CT molecular complexity index is 1030. The third-order valence-electron chi connectivity index (χ3n) is 8.65. The fourth-order valence-corrected chi connectivity index (χ4v) is 6.57. The van der Waals surface area contributed by atoms with Crippen LogP contribution in [0.1, 0.15) is 62.6 Å². The van der Waals surface area contributed by atoms with Gasteiger partial charge in [0.25, 0.3) is 5.91 Å². The van der Waals surface area contributed by atoms with Crippen LogP contribution in [0.4, 0.5) is 5.69 Å². The lowest BCUT2D eigenvalue weighted by atomic mass is 9.74. The summed E-state index contributed by atoms with van der Waals surface area (Å²) in [4.78, 5) is 31.1. The van der Waals surface area contributed by atoms with Crippen molar-refractivity contribution in [1.82, 2.24) is 4.98 Å². The third kappa shape index (κ3) is 5.60. The largest absolute Gasteiger partial charge is 1.00 e. The maximum absolute atomic E-state index is 13.9. The molecule has 1 aliphatic carbocycles. The minimum Gasteiger partial charge on any atom is -1.00 e. The first-order chi connectivity index (χ1) is 17.0. The Morgan fingerprint density at radius 2 is 1.72 bits per heavy atom. The molecular weight excluding hydrogens is 474 g/mol. The molecule has 1 N–H and O–H groups in total. The molecule has 1 saturated carbocycles. The lowest BCUT2D eigenvalue weighted by Gasteiger charge is -2.52. The number of aromatic nitrogens is 1. The van der Waals surface area contributed by atoms with Crippen molar-refractivity contribution in [3.05, 3.63) is 59.9 Å². The molecule has 1 aromatic heterocycles. The number of ether oxygens (including phenoxy) is 1. The maximum atomic E-state index is 13.9. The molecule has 3 saturated heterocycles. The number of hydrogen-bond donors (Lipinski definition) is 1. The second-order valence-corrected chi connectivity index (χ2v) is 11.0. The lowest BCUT2D eigenvalue weighted by Crippen LogP contribution is -3.00. The number of hydrogen-bond acceptors (Lipinski definition) is 4. The molecule has 4 fully saturated rings. The van der Waals surface area contributed by atoms with E-state index in [-0.39, 0.29) is 30.4 Å². The van der Waals surface area contributed by atoms with Crippen LogP contribution in [0.3, 0.4) is 0 Å². The molecule has 36 heavy (non-hydrogen) atoms. The van der Waals surface area contributed by atoms with Crippen LogP contribution in [-0.2, 0) is 19.7 Å². The number of piperidine rings is 3. The molecule has 2 aromatic rings. The number of carbonyl (C=O) groups excluding carboxylic acids is 2. The number of pyridine rings is 1. The van der Waals surface area contributed by atoms with Gasteiger partial charge in [0.15, 0.2) is 12.6 Å². The van der Waals surface area contributed by atoms with Gasteiger partial charge in [-0.15, -0.1) is 0 Å². The number of rotatable bonds is 6. The monoisotopic (exact) mass is 511 g/mol. The van der Waals surface area contributed by atoms with E-state index in [0.29, 0.717) is 16.9 Å². The van der Waals surface area contributed by atoms with Crippen molar-refractivity contribution in [3.63, 3.8) is 0 Å². The van der Waals surface area contributed by atoms with Crippen LogP contribution in [0, 0.1) is 12.8 Å². The number of amides is 1. The quantitative estimate of drug-likeness (QED) is 0.365. The molecule has 4 heterocycles. The Hall–Kier alpha value is -2.44. The molecule has 3 aliphatic heterocycles. The van der Waals surface area contributed by atoms with E-state index in [1.807, 2.05) is 37.3 Å². The van der Waals surface area contributed by atoms with Crippen molar-refractivity contribution in [2.24, 2.45) is 5.92 Å². The molecule has 1 unspecified atom stereocenters. The summed E-state index contributed by atoms with van der Waals surface area (Å²) in [6, 6.07) is 14.1. The Balaban J connectivity index is 0.00000304. The van der Waals surface area contributed by atoms with E-state index in [1.165, 1.54) is 12.8 Å². The average Bonchev–Trinajstić information content (AvgIpc) is 3.14. The van der Waals surface area contributed by atoms with E-state index in [0.717, 1.165) is 75.1 Å². The normalized spacial score (nSPS) is 26.8. The lowest BCUT2D eigenvalue weighted by molar-refractivity contribution is -0.939. The van der Waals surface area contributed by atoms with Crippen molar-refractivity contribution in [2.45, 2.75) is 69.8 Å². The van der Waals surface area contributed by atoms with Crippen LogP contribution in [-0.4, -0.2) is 53.6 Å². The van der Waals surface area contributed by atoms with Gasteiger partial charge in [0.05, 0.1) is 30.4 Å². The summed E-state index contributed by atoms with van der Waals surface area (Å²) in [5.41, 5.74) is 2.22. The molecule has 0 spiro atoms. The number of benzene rings is 1. The molecule has 0 radical (unpaired) electrons. The summed E-state index contributed by atoms with van der Waals surface area (Å²) in [6.45, 7) is 5.03. The van der Waals surface area contributed by atoms with Crippen LogP contribution in [0.25, 0.3) is 0 Å². The van der Waals surface area contributed by atoms with Crippen LogP contribution < -0.4 is 17.7 Å². The standard InChI is InChI=1S/C29H37N3O3.ClH/c1-22-11-12-25(19-30-22)31-27(33)21-32-17-13-23(14-18-32)26(20-32)35-28(34)29(15-7-2-3-8-16-29)24-9-5-4-6-10-24;/h4-6,9-12,19,23,26H,2-3,7-8,13-18,20-21H2,1H3;1H. The molecule has 6 nitrogen and oxygen atoms in total. The van der Waals surface area contributed by atoms with Gasteiger partial charge in [0, 0.05) is 24.5 Å². The summed E-state index contributed by atoms with van der Waals surface area (Å²) in [5, 5.41) is 3.01. The molecule has 1 atom stereocenters. The van der Waals surface area contributed by atoms with Crippen molar-refractivity contribution in [1.29, 1.82) is 0 Å². The Morgan fingerprint density at radius 1 is 1.03 bits per heavy atom. The Morgan fingerprint density at radius 3 is 2.36 bits per heavy atom. The Kier molecular flexibility index (Phi) is 8.36. The van der Waals surface area contributed by atoms with Gasteiger partial charge in [-0.1, -0.05) is 56.0 Å². The van der Waals surface area contributed by atoms with Crippen molar-refractivity contribution < 1.29 is 31.2 Å². The van der Waals surface area contributed by atoms with Crippen LogP contribution in [0.5, 0.6) is 0 Å². The van der Waals surface area contributed by atoms with E-state index in [4.69, 9.17) is 4.74 Å². The topological polar surface area (TPSA) is 68.3 Å². The summed E-state index contributed by atoms with van der Waals surface area (Å²) in [6.07, 6.45) is 9.82. The number of fused-ring (bicyclic) bond motifs is 3. The van der Waals surface area contributed by atoms with Gasteiger partial charge >= 0.3 is 5.97 Å². The highest BCUT2D eigenvalue weighted by molar-refractivity contribution is 5.91. The fraction of sp³-hybridized carbons (Fsp3) is 0.552. The van der Waals surface area contributed by atoms with Gasteiger partial charge in [-0.25, -0.2) is 0 Å². The predicted octanol–water partition coefficient (Wildman–Crippen LogP) is 1.78. The summed E-state index contributed by atoms with van der Waals surface area (Å²) >= 11 is 0. The second kappa shape index (κ2) is 11.3. The molecule has 1 aromatic carbocycles. The van der Waals surface area contributed by atoms with E-state index in [2.05, 4.69) is 22.4 Å². The van der Waals surface area contributed by atoms with E-state index in [1.54, 1.807) is 6.20 Å². The minimum absolute atomic E-state index is 0. The van der Waals surface area contributed by atoms with E-state index >= 15 is 0 Å². The van der Waals surface area contributed by atoms with Crippen molar-refractivity contribution in [2.75, 3.05) is 31.5 Å². The highest BCUT2D eigenvalue weighted by Crippen LogP contribution is 2.42. The molecule has 194 valence electrons. The van der Waals surface area contributed by atoms with Gasteiger partial charge in [0.1, 0.15) is 6.54 Å². The molecule has 2 bridgehead atoms. The molecular formula is C29H38ClN3O3. The van der Waals surface area contributed by atoms with Gasteiger partial charge in [-0.05, 0) is 37.5 Å². The first-order valence-corrected chi connectivity index (χ1v) is 13.3. The zero-order valence-corrected chi connectivity index (χ0v) is 22.0. The number of quaternary nitrogens is 1. The molecule has 6 rings (SSSR count). The van der Waals surface area contributed by atoms with Crippen LogP contribution in [0.2, 0.25) is 0 Å². The van der Waals surface area contributed by atoms with Crippen molar-refractivity contribution >= 4 is 17.6 Å². The van der Waals surface area contributed by atoms with Gasteiger partial charge in [-0.3, -0.25) is 14.6 Å².